The number of thiazole rings is 1. The maximum absolute atomic E-state index is 12.6. The van der Waals surface area contributed by atoms with Gasteiger partial charge in [-0.05, 0) is 31.3 Å². The van der Waals surface area contributed by atoms with Crippen molar-refractivity contribution in [3.05, 3.63) is 44.1 Å². The summed E-state index contributed by atoms with van der Waals surface area (Å²) in [7, 11) is 1.62. The highest BCUT2D eigenvalue weighted by molar-refractivity contribution is 7.99. The molecule has 9 heteroatoms. The summed E-state index contributed by atoms with van der Waals surface area (Å²) < 4.78 is 4.24. The molecular weight excluding hydrogens is 364 g/mol. The molecule has 2 heterocycles. The van der Waals surface area contributed by atoms with Gasteiger partial charge in [-0.1, -0.05) is 40.8 Å². The van der Waals surface area contributed by atoms with Crippen LogP contribution in [-0.4, -0.2) is 25.8 Å². The second-order valence-electron chi connectivity index (χ2n) is 5.21. The van der Waals surface area contributed by atoms with Crippen molar-refractivity contribution < 1.29 is 4.79 Å². The van der Waals surface area contributed by atoms with Gasteiger partial charge < -0.3 is 5.73 Å². The predicted molar refractivity (Wildman–Crippen MR) is 99.7 cm³/mol. The lowest BCUT2D eigenvalue weighted by Crippen LogP contribution is -2.21. The first-order valence-corrected chi connectivity index (χ1v) is 9.20. The third kappa shape index (κ3) is 3.02. The van der Waals surface area contributed by atoms with Crippen molar-refractivity contribution in [2.24, 2.45) is 12.8 Å². The van der Waals surface area contributed by atoms with Gasteiger partial charge in [0, 0.05) is 12.7 Å². The number of carbonyl (C=O) groups excluding carboxylic acids is 1. The molecule has 2 N–H and O–H groups in total. The Morgan fingerprint density at radius 3 is 2.67 bits per heavy atom. The number of primary amides is 1. The maximum atomic E-state index is 12.6. The number of nitrogens with two attached hydrogens (primary N) is 1. The third-order valence-electron chi connectivity index (χ3n) is 3.41. The van der Waals surface area contributed by atoms with Gasteiger partial charge in [0.1, 0.15) is 4.70 Å². The Labute approximate surface area is 150 Å². The molecule has 0 spiro atoms. The van der Waals surface area contributed by atoms with E-state index in [2.05, 4.69) is 4.98 Å². The average molecular weight is 379 g/mol. The number of benzene rings is 1. The van der Waals surface area contributed by atoms with E-state index in [1.807, 2.05) is 31.2 Å². The zero-order chi connectivity index (χ0) is 17.4. The summed E-state index contributed by atoms with van der Waals surface area (Å²) in [6.45, 7) is 2.00. The van der Waals surface area contributed by atoms with E-state index in [1.165, 1.54) is 15.9 Å². The van der Waals surface area contributed by atoms with Crippen molar-refractivity contribution >= 4 is 51.6 Å². The first-order chi connectivity index (χ1) is 11.4. The summed E-state index contributed by atoms with van der Waals surface area (Å²) in [5.74, 6) is -0.406. The van der Waals surface area contributed by atoms with Crippen LogP contribution in [0.15, 0.2) is 34.2 Å². The molecule has 0 aliphatic rings. The van der Waals surface area contributed by atoms with Gasteiger partial charge >= 0.3 is 0 Å². The summed E-state index contributed by atoms with van der Waals surface area (Å²) in [6, 6.07) is 7.83. The largest absolute Gasteiger partial charge is 0.369 e. The van der Waals surface area contributed by atoms with Gasteiger partial charge in [0.25, 0.3) is 5.56 Å². The molecule has 0 radical (unpaired) electrons. The molecule has 0 saturated heterocycles. The van der Waals surface area contributed by atoms with Crippen LogP contribution in [-0.2, 0) is 11.8 Å². The van der Waals surface area contributed by atoms with Crippen LogP contribution in [0.5, 0.6) is 0 Å². The van der Waals surface area contributed by atoms with Gasteiger partial charge in [-0.3, -0.25) is 18.7 Å². The first-order valence-electron chi connectivity index (χ1n) is 6.99. The lowest BCUT2D eigenvalue weighted by atomic mass is 10.2. The highest BCUT2D eigenvalue weighted by Gasteiger charge is 2.16. The highest BCUT2D eigenvalue weighted by atomic mass is 32.2. The molecule has 1 aromatic carbocycles. The number of aromatic nitrogens is 3. The predicted octanol–water partition coefficient (Wildman–Crippen LogP) is 2.40. The summed E-state index contributed by atoms with van der Waals surface area (Å²) >= 11 is 7.80. The second kappa shape index (κ2) is 6.50. The molecule has 0 aliphatic heterocycles. The van der Waals surface area contributed by atoms with Gasteiger partial charge in [-0.25, -0.2) is 4.98 Å². The summed E-state index contributed by atoms with van der Waals surface area (Å²) in [4.78, 5) is 28.2. The van der Waals surface area contributed by atoms with E-state index in [-0.39, 0.29) is 11.3 Å². The first kappa shape index (κ1) is 16.9. The molecule has 0 atom stereocenters. The lowest BCUT2D eigenvalue weighted by molar-refractivity contribution is -0.115. The van der Waals surface area contributed by atoms with Crippen LogP contribution < -0.4 is 11.3 Å². The zero-order valence-corrected chi connectivity index (χ0v) is 15.4. The van der Waals surface area contributed by atoms with Crippen LogP contribution in [0.4, 0.5) is 0 Å². The molecule has 3 rings (SSSR count). The van der Waals surface area contributed by atoms with Crippen molar-refractivity contribution in [2.45, 2.75) is 12.1 Å². The molecule has 124 valence electrons. The number of aryl methyl sites for hydroxylation is 1. The number of rotatable bonds is 4. The number of fused-ring (bicyclic) bond motifs is 1. The zero-order valence-electron chi connectivity index (χ0n) is 13.0. The van der Waals surface area contributed by atoms with Crippen LogP contribution >= 0.6 is 35.3 Å². The van der Waals surface area contributed by atoms with Crippen LogP contribution in [0.25, 0.3) is 16.0 Å². The van der Waals surface area contributed by atoms with Gasteiger partial charge in [-0.15, -0.1) is 0 Å². The summed E-state index contributed by atoms with van der Waals surface area (Å²) in [5.41, 5.74) is 7.48. The molecule has 6 nitrogen and oxygen atoms in total. The van der Waals surface area contributed by atoms with Gasteiger partial charge in [0.2, 0.25) is 5.91 Å². The van der Waals surface area contributed by atoms with Crippen LogP contribution in [0, 0.1) is 10.9 Å². The average Bonchev–Trinajstić information content (AvgIpc) is 2.87. The Morgan fingerprint density at radius 2 is 2.04 bits per heavy atom. The molecule has 0 unspecified atom stereocenters. The molecule has 0 bridgehead atoms. The molecular formula is C15H14N4O2S3. The van der Waals surface area contributed by atoms with Crippen molar-refractivity contribution in [3.8, 4) is 5.69 Å². The molecule has 0 fully saturated rings. The minimum atomic E-state index is -0.463. The monoisotopic (exact) mass is 378 g/mol. The fourth-order valence-electron chi connectivity index (χ4n) is 2.20. The summed E-state index contributed by atoms with van der Waals surface area (Å²) in [5, 5.41) is 0.431. The van der Waals surface area contributed by atoms with Gasteiger partial charge in [0.15, 0.2) is 14.8 Å². The van der Waals surface area contributed by atoms with E-state index in [0.717, 1.165) is 23.0 Å². The SMILES string of the molecule is Cc1ccc(-n2c(=S)sc3c(=O)n(C)c(SCC(N)=O)nc32)cc1. The second-order valence-corrected chi connectivity index (χ2v) is 7.79. The lowest BCUT2D eigenvalue weighted by Gasteiger charge is -2.08. The Kier molecular flexibility index (Phi) is 4.57. The third-order valence-corrected chi connectivity index (χ3v) is 5.81. The number of thioether (sulfide) groups is 1. The topological polar surface area (TPSA) is 82.9 Å². The molecule has 0 saturated carbocycles. The molecule has 2 aromatic heterocycles. The minimum Gasteiger partial charge on any atom is -0.369 e. The Bertz CT molecular complexity index is 1050. The number of hydrogen-bond donors (Lipinski definition) is 1. The Morgan fingerprint density at radius 1 is 1.38 bits per heavy atom. The minimum absolute atomic E-state index is 0.0567. The summed E-state index contributed by atoms with van der Waals surface area (Å²) in [6.07, 6.45) is 0. The highest BCUT2D eigenvalue weighted by Crippen LogP contribution is 2.25. The normalized spacial score (nSPS) is 11.1. The number of nitrogens with zero attached hydrogens (tertiary/aromatic N) is 3. The number of amides is 1. The van der Waals surface area contributed by atoms with Crippen molar-refractivity contribution in [2.75, 3.05) is 5.75 Å². The van der Waals surface area contributed by atoms with E-state index in [4.69, 9.17) is 18.0 Å². The van der Waals surface area contributed by atoms with Gasteiger partial charge in [0.05, 0.1) is 5.75 Å². The fraction of sp³-hybridized carbons (Fsp3) is 0.200. The van der Waals surface area contributed by atoms with Crippen LogP contribution in [0.2, 0.25) is 0 Å². The van der Waals surface area contributed by atoms with E-state index < -0.39 is 5.91 Å². The van der Waals surface area contributed by atoms with Crippen LogP contribution in [0.3, 0.4) is 0 Å². The Balaban J connectivity index is 2.25. The molecule has 1 amide bonds. The van der Waals surface area contributed by atoms with Crippen molar-refractivity contribution in [1.82, 2.24) is 14.1 Å². The van der Waals surface area contributed by atoms with E-state index in [0.29, 0.717) is 19.5 Å². The number of hydrogen-bond acceptors (Lipinski definition) is 6. The number of carbonyl (C=O) groups is 1. The fourth-order valence-corrected chi connectivity index (χ4v) is 4.25. The maximum Gasteiger partial charge on any atom is 0.273 e. The van der Waals surface area contributed by atoms with Crippen molar-refractivity contribution in [1.29, 1.82) is 0 Å². The van der Waals surface area contributed by atoms with Crippen LogP contribution in [0.1, 0.15) is 5.56 Å². The van der Waals surface area contributed by atoms with E-state index >= 15 is 0 Å². The smallest absolute Gasteiger partial charge is 0.273 e. The van der Waals surface area contributed by atoms with E-state index in [1.54, 1.807) is 11.6 Å². The quantitative estimate of drug-likeness (QED) is 0.428. The van der Waals surface area contributed by atoms with Crippen molar-refractivity contribution in [3.63, 3.8) is 0 Å². The standard InChI is InChI=1S/C15H14N4O2S3/c1-8-3-5-9(6-4-8)19-12-11(24-15(19)22)13(21)18(2)14(17-12)23-7-10(16)20/h3-6H,7H2,1-2H3,(H2,16,20). The van der Waals surface area contributed by atoms with E-state index in [9.17, 15) is 9.59 Å². The van der Waals surface area contributed by atoms with Gasteiger partial charge in [-0.2, -0.15) is 0 Å². The molecule has 24 heavy (non-hydrogen) atoms. The molecule has 0 aliphatic carbocycles. The Hall–Kier alpha value is -1.97. The molecule has 3 aromatic rings.